The minimum atomic E-state index is -0.172. The van der Waals surface area contributed by atoms with Crippen LogP contribution in [-0.2, 0) is 4.79 Å². The molecule has 0 aliphatic carbocycles. The Bertz CT molecular complexity index is 969. The second-order valence-corrected chi connectivity index (χ2v) is 6.64. The first-order valence-electron chi connectivity index (χ1n) is 9.24. The summed E-state index contributed by atoms with van der Waals surface area (Å²) < 4.78 is 10.8. The first-order chi connectivity index (χ1) is 14.2. The Kier molecular flexibility index (Phi) is 7.31. The van der Waals surface area contributed by atoms with Gasteiger partial charge in [0.15, 0.2) is 0 Å². The molecule has 3 aromatic rings. The summed E-state index contributed by atoms with van der Waals surface area (Å²) in [4.78, 5) is 12.9. The van der Waals surface area contributed by atoms with Gasteiger partial charge >= 0.3 is 0 Å². The van der Waals surface area contributed by atoms with Crippen molar-refractivity contribution < 1.29 is 14.3 Å². The third kappa shape index (κ3) is 5.87. The fourth-order valence-electron chi connectivity index (χ4n) is 2.75. The highest BCUT2D eigenvalue weighted by molar-refractivity contribution is 6.32. The van der Waals surface area contributed by atoms with Gasteiger partial charge in [0.25, 0.3) is 5.91 Å². The second-order valence-electron chi connectivity index (χ2n) is 6.23. The van der Waals surface area contributed by atoms with Gasteiger partial charge in [-0.15, -0.1) is 0 Å². The molecule has 3 rings (SSSR count). The Morgan fingerprint density at radius 3 is 2.34 bits per heavy atom. The zero-order valence-electron chi connectivity index (χ0n) is 16.1. The van der Waals surface area contributed by atoms with E-state index < -0.39 is 0 Å². The summed E-state index contributed by atoms with van der Waals surface area (Å²) >= 11 is 6.08. The van der Waals surface area contributed by atoms with Crippen LogP contribution in [0.3, 0.4) is 0 Å². The molecule has 0 aliphatic heterocycles. The number of carbonyl (C=O) groups excluding carboxylic acids is 1. The van der Waals surface area contributed by atoms with Gasteiger partial charge in [0.05, 0.1) is 18.7 Å². The summed E-state index contributed by atoms with van der Waals surface area (Å²) in [6, 6.07) is 24.4. The number of hydrogen-bond acceptors (Lipinski definition) is 3. The fourth-order valence-corrected chi connectivity index (χ4v) is 2.94. The molecule has 0 heterocycles. The second kappa shape index (κ2) is 10.3. The average molecular weight is 408 g/mol. The molecule has 0 aliphatic rings. The van der Waals surface area contributed by atoms with Crippen LogP contribution in [0.4, 0.5) is 0 Å². The molecular weight excluding hydrogens is 386 g/mol. The van der Waals surface area contributed by atoms with Crippen molar-refractivity contribution in [3.63, 3.8) is 0 Å². The number of amides is 1. The number of rotatable bonds is 8. The van der Waals surface area contributed by atoms with Crippen molar-refractivity contribution in [2.24, 2.45) is 0 Å². The Hall–Kier alpha value is -3.24. The van der Waals surface area contributed by atoms with Crippen molar-refractivity contribution in [2.75, 3.05) is 20.3 Å². The van der Waals surface area contributed by atoms with E-state index in [1.165, 1.54) is 0 Å². The van der Waals surface area contributed by atoms with Gasteiger partial charge in [-0.2, -0.15) is 0 Å². The highest BCUT2D eigenvalue weighted by atomic mass is 35.5. The van der Waals surface area contributed by atoms with E-state index >= 15 is 0 Å². The minimum Gasteiger partial charge on any atom is -0.497 e. The molecule has 0 fully saturated rings. The van der Waals surface area contributed by atoms with Gasteiger partial charge < -0.3 is 14.8 Å². The molecule has 0 spiro atoms. The molecule has 3 aromatic carbocycles. The maximum atomic E-state index is 12.9. The van der Waals surface area contributed by atoms with Gasteiger partial charge in [-0.05, 0) is 41.5 Å². The quantitative estimate of drug-likeness (QED) is 0.321. The SMILES string of the molecule is COc1ccc(/C=C(/C(=O)NCCOc2ccccc2Cl)c2ccccc2)cc1. The number of para-hydroxylation sites is 1. The van der Waals surface area contributed by atoms with Crippen LogP contribution in [0.5, 0.6) is 11.5 Å². The standard InChI is InChI=1S/C24H22ClNO3/c1-28-20-13-11-18(12-14-20)17-21(19-7-3-2-4-8-19)24(27)26-15-16-29-23-10-6-5-9-22(23)25/h2-14,17H,15-16H2,1H3,(H,26,27)/b21-17+. The van der Waals surface area contributed by atoms with E-state index in [1.807, 2.05) is 72.8 Å². The molecule has 0 radical (unpaired) electrons. The van der Waals surface area contributed by atoms with Crippen molar-refractivity contribution in [1.29, 1.82) is 0 Å². The molecule has 0 bridgehead atoms. The third-order valence-corrected chi connectivity index (χ3v) is 4.55. The van der Waals surface area contributed by atoms with Crippen molar-refractivity contribution in [1.82, 2.24) is 5.32 Å². The lowest BCUT2D eigenvalue weighted by molar-refractivity contribution is -0.115. The largest absolute Gasteiger partial charge is 0.497 e. The Balaban J connectivity index is 1.69. The molecule has 4 nitrogen and oxygen atoms in total. The summed E-state index contributed by atoms with van der Waals surface area (Å²) in [5.41, 5.74) is 2.33. The van der Waals surface area contributed by atoms with E-state index in [-0.39, 0.29) is 5.91 Å². The van der Waals surface area contributed by atoms with E-state index in [4.69, 9.17) is 21.1 Å². The first kappa shape index (κ1) is 20.5. The Morgan fingerprint density at radius 1 is 0.966 bits per heavy atom. The van der Waals surface area contributed by atoms with Crippen molar-refractivity contribution in [3.8, 4) is 11.5 Å². The monoisotopic (exact) mass is 407 g/mol. The van der Waals surface area contributed by atoms with Gasteiger partial charge in [-0.3, -0.25) is 4.79 Å². The molecule has 1 amide bonds. The lowest BCUT2D eigenvalue weighted by Crippen LogP contribution is -2.28. The predicted octanol–water partition coefficient (Wildman–Crippen LogP) is 5.08. The number of benzene rings is 3. The number of methoxy groups -OCH3 is 1. The van der Waals surface area contributed by atoms with Crippen LogP contribution in [0.25, 0.3) is 11.6 Å². The normalized spacial score (nSPS) is 11.0. The fraction of sp³-hybridized carbons (Fsp3) is 0.125. The van der Waals surface area contributed by atoms with E-state index in [0.717, 1.165) is 16.9 Å². The predicted molar refractivity (Wildman–Crippen MR) is 117 cm³/mol. The van der Waals surface area contributed by atoms with E-state index in [1.54, 1.807) is 19.2 Å². The highest BCUT2D eigenvalue weighted by Crippen LogP contribution is 2.23. The van der Waals surface area contributed by atoms with Gasteiger partial charge in [-0.1, -0.05) is 66.2 Å². The van der Waals surface area contributed by atoms with Crippen molar-refractivity contribution in [3.05, 3.63) is 95.0 Å². The van der Waals surface area contributed by atoms with Crippen LogP contribution in [0, 0.1) is 0 Å². The molecule has 5 heteroatoms. The number of carbonyl (C=O) groups is 1. The van der Waals surface area contributed by atoms with Crippen LogP contribution in [0.1, 0.15) is 11.1 Å². The summed E-state index contributed by atoms with van der Waals surface area (Å²) in [7, 11) is 1.62. The summed E-state index contributed by atoms with van der Waals surface area (Å²) in [5, 5.41) is 3.46. The summed E-state index contributed by atoms with van der Waals surface area (Å²) in [6.45, 7) is 0.678. The molecule has 29 heavy (non-hydrogen) atoms. The molecule has 148 valence electrons. The van der Waals surface area contributed by atoms with Gasteiger partial charge in [-0.25, -0.2) is 0 Å². The van der Waals surface area contributed by atoms with Crippen LogP contribution >= 0.6 is 11.6 Å². The lowest BCUT2D eigenvalue weighted by atomic mass is 10.0. The summed E-state index contributed by atoms with van der Waals surface area (Å²) in [6.07, 6.45) is 1.86. The zero-order chi connectivity index (χ0) is 20.5. The Labute approximate surface area is 175 Å². The smallest absolute Gasteiger partial charge is 0.252 e. The van der Waals surface area contributed by atoms with Gasteiger partial charge in [0.1, 0.15) is 18.1 Å². The van der Waals surface area contributed by atoms with Gasteiger partial charge in [0.2, 0.25) is 0 Å². The van der Waals surface area contributed by atoms with Gasteiger partial charge in [0, 0.05) is 5.57 Å². The lowest BCUT2D eigenvalue weighted by Gasteiger charge is -2.11. The molecule has 0 saturated heterocycles. The highest BCUT2D eigenvalue weighted by Gasteiger charge is 2.12. The van der Waals surface area contributed by atoms with Crippen molar-refractivity contribution >= 4 is 29.2 Å². The molecule has 0 unspecified atom stereocenters. The number of hydrogen-bond donors (Lipinski definition) is 1. The Morgan fingerprint density at radius 2 is 1.66 bits per heavy atom. The molecule has 0 aromatic heterocycles. The van der Waals surface area contributed by atoms with Crippen LogP contribution in [-0.4, -0.2) is 26.2 Å². The van der Waals surface area contributed by atoms with E-state index in [9.17, 15) is 4.79 Å². The summed E-state index contributed by atoms with van der Waals surface area (Å²) in [5.74, 6) is 1.19. The molecule has 0 atom stereocenters. The van der Waals surface area contributed by atoms with Crippen LogP contribution in [0.15, 0.2) is 78.9 Å². The molecule has 0 saturated carbocycles. The van der Waals surface area contributed by atoms with E-state index in [0.29, 0.717) is 29.5 Å². The third-order valence-electron chi connectivity index (χ3n) is 4.24. The zero-order valence-corrected chi connectivity index (χ0v) is 16.9. The van der Waals surface area contributed by atoms with E-state index in [2.05, 4.69) is 5.32 Å². The number of ether oxygens (including phenoxy) is 2. The molecule has 1 N–H and O–H groups in total. The maximum Gasteiger partial charge on any atom is 0.252 e. The topological polar surface area (TPSA) is 47.6 Å². The number of halogens is 1. The number of nitrogens with one attached hydrogen (secondary N) is 1. The van der Waals surface area contributed by atoms with Crippen LogP contribution < -0.4 is 14.8 Å². The average Bonchev–Trinajstić information content (AvgIpc) is 2.77. The van der Waals surface area contributed by atoms with Crippen LogP contribution in [0.2, 0.25) is 5.02 Å². The first-order valence-corrected chi connectivity index (χ1v) is 9.62. The minimum absolute atomic E-state index is 0.172. The molecular formula is C24H22ClNO3. The maximum absolute atomic E-state index is 12.9. The van der Waals surface area contributed by atoms with Crippen molar-refractivity contribution in [2.45, 2.75) is 0 Å².